The van der Waals surface area contributed by atoms with Crippen molar-refractivity contribution in [2.24, 2.45) is 0 Å². The molecule has 0 saturated carbocycles. The number of hydrogen-bond acceptors (Lipinski definition) is 2. The average molecular weight is 171 g/mol. The predicted molar refractivity (Wildman–Crippen MR) is 48.1 cm³/mol. The highest BCUT2D eigenvalue weighted by Crippen LogP contribution is 2.05. The first-order chi connectivity index (χ1) is 5.72. The molecule has 0 radical (unpaired) electrons. The Hall–Kier alpha value is -0.770. The van der Waals surface area contributed by atoms with Crippen LogP contribution in [0.5, 0.6) is 0 Å². The SMILES string of the molecule is CCNC(=O)N[C@@H]1CCN(C)C1. The Morgan fingerprint density at radius 3 is 2.92 bits per heavy atom. The van der Waals surface area contributed by atoms with Gasteiger partial charge in [-0.3, -0.25) is 0 Å². The Morgan fingerprint density at radius 1 is 1.67 bits per heavy atom. The summed E-state index contributed by atoms with van der Waals surface area (Å²) in [5, 5.41) is 5.64. The Balaban J connectivity index is 2.18. The van der Waals surface area contributed by atoms with Gasteiger partial charge in [-0.05, 0) is 26.9 Å². The summed E-state index contributed by atoms with van der Waals surface area (Å²) in [4.78, 5) is 13.3. The summed E-state index contributed by atoms with van der Waals surface area (Å²) in [7, 11) is 2.07. The van der Waals surface area contributed by atoms with Crippen molar-refractivity contribution in [3.05, 3.63) is 0 Å². The molecule has 4 heteroatoms. The summed E-state index contributed by atoms with van der Waals surface area (Å²) in [6.07, 6.45) is 1.06. The topological polar surface area (TPSA) is 44.4 Å². The molecule has 0 aromatic carbocycles. The molecule has 1 fully saturated rings. The zero-order chi connectivity index (χ0) is 8.97. The number of hydrogen-bond donors (Lipinski definition) is 2. The lowest BCUT2D eigenvalue weighted by molar-refractivity contribution is 0.237. The molecule has 0 bridgehead atoms. The van der Waals surface area contributed by atoms with Crippen LogP contribution in [0.25, 0.3) is 0 Å². The van der Waals surface area contributed by atoms with Gasteiger partial charge in [-0.15, -0.1) is 0 Å². The van der Waals surface area contributed by atoms with Crippen LogP contribution >= 0.6 is 0 Å². The number of nitrogens with zero attached hydrogens (tertiary/aromatic N) is 1. The molecule has 12 heavy (non-hydrogen) atoms. The third kappa shape index (κ3) is 2.70. The molecule has 0 unspecified atom stereocenters. The van der Waals surface area contributed by atoms with Crippen LogP contribution in [0.3, 0.4) is 0 Å². The molecule has 2 amide bonds. The second kappa shape index (κ2) is 4.30. The summed E-state index contributed by atoms with van der Waals surface area (Å²) < 4.78 is 0. The van der Waals surface area contributed by atoms with Crippen molar-refractivity contribution in [2.75, 3.05) is 26.7 Å². The number of urea groups is 1. The molecular weight excluding hydrogens is 154 g/mol. The van der Waals surface area contributed by atoms with E-state index in [9.17, 15) is 4.79 Å². The van der Waals surface area contributed by atoms with Crippen molar-refractivity contribution in [1.29, 1.82) is 0 Å². The molecule has 2 N–H and O–H groups in total. The molecule has 1 saturated heterocycles. The van der Waals surface area contributed by atoms with Gasteiger partial charge in [0.1, 0.15) is 0 Å². The second-order valence-electron chi connectivity index (χ2n) is 3.25. The van der Waals surface area contributed by atoms with E-state index in [0.717, 1.165) is 19.5 Å². The summed E-state index contributed by atoms with van der Waals surface area (Å²) in [6.45, 7) is 4.66. The fraction of sp³-hybridized carbons (Fsp3) is 0.875. The molecule has 1 aliphatic rings. The van der Waals surface area contributed by atoms with Gasteiger partial charge in [0.2, 0.25) is 0 Å². The van der Waals surface area contributed by atoms with E-state index in [1.165, 1.54) is 0 Å². The van der Waals surface area contributed by atoms with Crippen molar-refractivity contribution in [3.63, 3.8) is 0 Å². The number of carbonyl (C=O) groups is 1. The minimum atomic E-state index is -0.0437. The summed E-state index contributed by atoms with van der Waals surface area (Å²) in [5.41, 5.74) is 0. The van der Waals surface area contributed by atoms with E-state index in [0.29, 0.717) is 12.6 Å². The van der Waals surface area contributed by atoms with E-state index in [4.69, 9.17) is 0 Å². The molecule has 1 atom stereocenters. The summed E-state index contributed by atoms with van der Waals surface area (Å²) in [5.74, 6) is 0. The number of rotatable bonds is 2. The third-order valence-corrected chi connectivity index (χ3v) is 2.06. The minimum absolute atomic E-state index is 0.0437. The first-order valence-electron chi connectivity index (χ1n) is 4.45. The van der Waals surface area contributed by atoms with E-state index in [-0.39, 0.29) is 6.03 Å². The number of likely N-dealkylation sites (N-methyl/N-ethyl adjacent to an activating group) is 1. The largest absolute Gasteiger partial charge is 0.338 e. The Morgan fingerprint density at radius 2 is 2.42 bits per heavy atom. The maximum absolute atomic E-state index is 11.1. The van der Waals surface area contributed by atoms with Gasteiger partial charge in [-0.2, -0.15) is 0 Å². The molecule has 1 aliphatic heterocycles. The van der Waals surface area contributed by atoms with E-state index in [2.05, 4.69) is 22.6 Å². The Labute approximate surface area is 73.3 Å². The van der Waals surface area contributed by atoms with Crippen molar-refractivity contribution in [1.82, 2.24) is 15.5 Å². The fourth-order valence-corrected chi connectivity index (χ4v) is 1.45. The zero-order valence-corrected chi connectivity index (χ0v) is 7.76. The Bertz CT molecular complexity index is 160. The van der Waals surface area contributed by atoms with Crippen molar-refractivity contribution in [2.45, 2.75) is 19.4 Å². The molecule has 0 aromatic heterocycles. The number of likely N-dealkylation sites (tertiary alicyclic amines) is 1. The van der Waals surface area contributed by atoms with Gasteiger partial charge < -0.3 is 15.5 Å². The van der Waals surface area contributed by atoms with Crippen LogP contribution in [0.4, 0.5) is 4.79 Å². The number of nitrogens with one attached hydrogen (secondary N) is 2. The van der Waals surface area contributed by atoms with E-state index in [1.54, 1.807) is 0 Å². The zero-order valence-electron chi connectivity index (χ0n) is 7.76. The maximum atomic E-state index is 11.1. The van der Waals surface area contributed by atoms with Crippen LogP contribution in [0.15, 0.2) is 0 Å². The molecule has 0 aliphatic carbocycles. The maximum Gasteiger partial charge on any atom is 0.315 e. The average Bonchev–Trinajstić information content (AvgIpc) is 2.36. The van der Waals surface area contributed by atoms with Crippen LogP contribution < -0.4 is 10.6 Å². The van der Waals surface area contributed by atoms with E-state index in [1.807, 2.05) is 6.92 Å². The Kier molecular flexibility index (Phi) is 3.34. The standard InChI is InChI=1S/C8H17N3O/c1-3-9-8(12)10-7-4-5-11(2)6-7/h7H,3-6H2,1-2H3,(H2,9,10,12)/t7-/m1/s1. The van der Waals surface area contributed by atoms with Crippen molar-refractivity contribution >= 4 is 6.03 Å². The summed E-state index contributed by atoms with van der Waals surface area (Å²) in [6, 6.07) is 0.291. The van der Waals surface area contributed by atoms with Crippen molar-refractivity contribution < 1.29 is 4.79 Å². The van der Waals surface area contributed by atoms with Gasteiger partial charge in [0.05, 0.1) is 0 Å². The molecule has 0 aromatic rings. The normalized spacial score (nSPS) is 24.0. The smallest absolute Gasteiger partial charge is 0.315 e. The highest BCUT2D eigenvalue weighted by molar-refractivity contribution is 5.74. The van der Waals surface area contributed by atoms with Gasteiger partial charge in [0.15, 0.2) is 0 Å². The van der Waals surface area contributed by atoms with Crippen LogP contribution in [0.2, 0.25) is 0 Å². The molecule has 0 spiro atoms. The minimum Gasteiger partial charge on any atom is -0.338 e. The lowest BCUT2D eigenvalue weighted by atomic mass is 10.3. The molecule has 1 heterocycles. The van der Waals surface area contributed by atoms with E-state index < -0.39 is 0 Å². The first-order valence-corrected chi connectivity index (χ1v) is 4.45. The molecule has 4 nitrogen and oxygen atoms in total. The molecule has 70 valence electrons. The first kappa shape index (κ1) is 9.32. The molecular formula is C8H17N3O. The lowest BCUT2D eigenvalue weighted by Crippen LogP contribution is -2.42. The van der Waals surface area contributed by atoms with Crippen LogP contribution in [0.1, 0.15) is 13.3 Å². The predicted octanol–water partition coefficient (Wildman–Crippen LogP) is 0.00960. The highest BCUT2D eigenvalue weighted by Gasteiger charge is 2.20. The van der Waals surface area contributed by atoms with Gasteiger partial charge in [0, 0.05) is 19.1 Å². The third-order valence-electron chi connectivity index (χ3n) is 2.06. The monoisotopic (exact) mass is 171 g/mol. The quantitative estimate of drug-likeness (QED) is 0.614. The fourth-order valence-electron chi connectivity index (χ4n) is 1.45. The van der Waals surface area contributed by atoms with Crippen LogP contribution in [-0.2, 0) is 0 Å². The van der Waals surface area contributed by atoms with Crippen LogP contribution in [0, 0.1) is 0 Å². The number of carbonyl (C=O) groups excluding carboxylic acids is 1. The number of amides is 2. The second-order valence-corrected chi connectivity index (χ2v) is 3.25. The lowest BCUT2D eigenvalue weighted by Gasteiger charge is -2.12. The highest BCUT2D eigenvalue weighted by atomic mass is 16.2. The van der Waals surface area contributed by atoms with Gasteiger partial charge in [-0.25, -0.2) is 4.79 Å². The molecule has 1 rings (SSSR count). The van der Waals surface area contributed by atoms with Gasteiger partial charge in [-0.1, -0.05) is 0 Å². The van der Waals surface area contributed by atoms with Crippen molar-refractivity contribution in [3.8, 4) is 0 Å². The van der Waals surface area contributed by atoms with Crippen LogP contribution in [-0.4, -0.2) is 43.7 Å². The van der Waals surface area contributed by atoms with Gasteiger partial charge in [0.25, 0.3) is 0 Å². The van der Waals surface area contributed by atoms with Gasteiger partial charge >= 0.3 is 6.03 Å². The summed E-state index contributed by atoms with van der Waals surface area (Å²) >= 11 is 0. The van der Waals surface area contributed by atoms with E-state index >= 15 is 0 Å².